The molecule has 1 amide bonds. The first kappa shape index (κ1) is 18.0. The maximum atomic E-state index is 13.1. The van der Waals surface area contributed by atoms with E-state index in [1.807, 2.05) is 23.0 Å². The van der Waals surface area contributed by atoms with Gasteiger partial charge in [0.2, 0.25) is 5.91 Å². The number of nitrogens with zero attached hydrogens (tertiary/aromatic N) is 3. The fraction of sp³-hybridized carbons (Fsp3) is 0.524. The van der Waals surface area contributed by atoms with Gasteiger partial charge in [-0.15, -0.1) is 0 Å². The fourth-order valence-electron chi connectivity index (χ4n) is 4.29. The number of carbonyl (C=O) groups is 1. The molecule has 2 aliphatic heterocycles. The van der Waals surface area contributed by atoms with Crippen LogP contribution in [-0.4, -0.2) is 47.0 Å². The van der Waals surface area contributed by atoms with Crippen molar-refractivity contribution in [2.45, 2.75) is 44.8 Å². The van der Waals surface area contributed by atoms with E-state index in [-0.39, 0.29) is 11.9 Å². The number of benzene rings is 1. The Kier molecular flexibility index (Phi) is 5.43. The number of amides is 1. The van der Waals surface area contributed by atoms with E-state index in [9.17, 15) is 4.79 Å². The van der Waals surface area contributed by atoms with Crippen molar-refractivity contribution in [1.82, 2.24) is 14.7 Å². The molecule has 3 heterocycles. The minimum atomic E-state index is 0.212. The van der Waals surface area contributed by atoms with Crippen LogP contribution in [-0.2, 0) is 29.0 Å². The molecule has 0 spiro atoms. The minimum Gasteiger partial charge on any atom is -0.497 e. The Bertz CT molecular complexity index is 769. The molecule has 1 aromatic carbocycles. The predicted molar refractivity (Wildman–Crippen MR) is 101 cm³/mol. The third-order valence-corrected chi connectivity index (χ3v) is 5.83. The number of aromatic nitrogens is 2. The predicted octanol–water partition coefficient (Wildman–Crippen LogP) is 2.66. The summed E-state index contributed by atoms with van der Waals surface area (Å²) in [5.41, 5.74) is 2.54. The van der Waals surface area contributed by atoms with Gasteiger partial charge in [0, 0.05) is 51.2 Å². The van der Waals surface area contributed by atoms with E-state index in [4.69, 9.17) is 9.47 Å². The van der Waals surface area contributed by atoms with E-state index in [1.165, 1.54) is 11.1 Å². The van der Waals surface area contributed by atoms with Crippen molar-refractivity contribution in [1.29, 1.82) is 0 Å². The molecule has 6 heteroatoms. The Hall–Kier alpha value is -2.34. The first-order valence-electron chi connectivity index (χ1n) is 9.75. The maximum Gasteiger partial charge on any atom is 0.225 e. The molecule has 1 unspecified atom stereocenters. The third kappa shape index (κ3) is 4.00. The summed E-state index contributed by atoms with van der Waals surface area (Å²) < 4.78 is 12.8. The van der Waals surface area contributed by atoms with Crippen LogP contribution >= 0.6 is 0 Å². The second kappa shape index (κ2) is 8.13. The molecule has 1 fully saturated rings. The second-order valence-corrected chi connectivity index (χ2v) is 7.40. The van der Waals surface area contributed by atoms with Crippen LogP contribution in [0.4, 0.5) is 0 Å². The first-order valence-corrected chi connectivity index (χ1v) is 9.75. The van der Waals surface area contributed by atoms with Gasteiger partial charge in [-0.1, -0.05) is 6.07 Å². The topological polar surface area (TPSA) is 56.6 Å². The molecule has 0 aliphatic carbocycles. The van der Waals surface area contributed by atoms with Crippen LogP contribution < -0.4 is 4.74 Å². The van der Waals surface area contributed by atoms with Crippen molar-refractivity contribution in [3.05, 3.63) is 47.8 Å². The summed E-state index contributed by atoms with van der Waals surface area (Å²) >= 11 is 0. The van der Waals surface area contributed by atoms with Gasteiger partial charge < -0.3 is 14.4 Å². The molecule has 1 aromatic heterocycles. The number of carbonyl (C=O) groups excluding carboxylic acids is 1. The molecule has 4 rings (SSSR count). The van der Waals surface area contributed by atoms with Gasteiger partial charge in [0.1, 0.15) is 5.75 Å². The molecule has 27 heavy (non-hydrogen) atoms. The van der Waals surface area contributed by atoms with Crippen LogP contribution in [0.3, 0.4) is 0 Å². The first-order chi connectivity index (χ1) is 13.2. The van der Waals surface area contributed by atoms with Crippen molar-refractivity contribution in [3.8, 4) is 5.75 Å². The van der Waals surface area contributed by atoms with Gasteiger partial charge in [-0.25, -0.2) is 0 Å². The number of fused-ring (bicyclic) bond motifs is 1. The van der Waals surface area contributed by atoms with Crippen molar-refractivity contribution in [2.24, 2.45) is 5.92 Å². The molecular formula is C21H27N3O3. The molecule has 0 bridgehead atoms. The molecule has 1 atom stereocenters. The van der Waals surface area contributed by atoms with E-state index in [0.29, 0.717) is 25.4 Å². The summed E-state index contributed by atoms with van der Waals surface area (Å²) in [5, 5.41) is 4.21. The number of rotatable bonds is 5. The van der Waals surface area contributed by atoms with Gasteiger partial charge in [0.15, 0.2) is 0 Å². The van der Waals surface area contributed by atoms with E-state index in [2.05, 4.69) is 22.1 Å². The van der Waals surface area contributed by atoms with Crippen molar-refractivity contribution >= 4 is 5.91 Å². The van der Waals surface area contributed by atoms with Crippen molar-refractivity contribution in [2.75, 3.05) is 20.3 Å². The average Bonchev–Trinajstić information content (AvgIpc) is 3.25. The Morgan fingerprint density at radius 2 is 2.15 bits per heavy atom. The summed E-state index contributed by atoms with van der Waals surface area (Å²) in [5.74, 6) is 1.59. The van der Waals surface area contributed by atoms with Crippen LogP contribution in [0.2, 0.25) is 0 Å². The molecule has 0 radical (unpaired) electrons. The zero-order valence-electron chi connectivity index (χ0n) is 15.8. The lowest BCUT2D eigenvalue weighted by Crippen LogP contribution is -2.49. The van der Waals surface area contributed by atoms with Crippen LogP contribution in [0, 0.1) is 5.92 Å². The lowest BCUT2D eigenvalue weighted by molar-refractivity contribution is -0.137. The van der Waals surface area contributed by atoms with Gasteiger partial charge in [-0.3, -0.25) is 9.48 Å². The van der Waals surface area contributed by atoms with Crippen LogP contribution in [0.5, 0.6) is 5.75 Å². The van der Waals surface area contributed by atoms with Gasteiger partial charge in [0.25, 0.3) is 0 Å². The van der Waals surface area contributed by atoms with E-state index < -0.39 is 0 Å². The lowest BCUT2D eigenvalue weighted by Gasteiger charge is -2.42. The largest absolute Gasteiger partial charge is 0.497 e. The Morgan fingerprint density at radius 1 is 1.30 bits per heavy atom. The standard InChI is InChI=1S/C21H27N3O3/c1-26-19-4-3-17-15-24(21(25)5-10-23-9-2-8-22-23)20(14-18(17)13-19)16-6-11-27-12-7-16/h2-4,8-9,13,16,20H,5-7,10-12,14-15H2,1H3. The molecule has 2 aliphatic rings. The normalized spacial score (nSPS) is 20.3. The van der Waals surface area contributed by atoms with E-state index in [1.54, 1.807) is 13.3 Å². The number of methoxy groups -OCH3 is 1. The van der Waals surface area contributed by atoms with E-state index in [0.717, 1.165) is 38.2 Å². The molecule has 6 nitrogen and oxygen atoms in total. The number of aryl methyl sites for hydroxylation is 1. The number of ether oxygens (including phenoxy) is 2. The number of hydrogen-bond acceptors (Lipinski definition) is 4. The highest BCUT2D eigenvalue weighted by molar-refractivity contribution is 5.77. The molecule has 1 saturated heterocycles. The Morgan fingerprint density at radius 3 is 2.89 bits per heavy atom. The zero-order valence-corrected chi connectivity index (χ0v) is 15.8. The van der Waals surface area contributed by atoms with Gasteiger partial charge in [0.05, 0.1) is 7.11 Å². The molecule has 2 aromatic rings. The summed E-state index contributed by atoms with van der Waals surface area (Å²) in [6, 6.07) is 8.34. The van der Waals surface area contributed by atoms with Crippen LogP contribution in [0.1, 0.15) is 30.4 Å². The quantitative estimate of drug-likeness (QED) is 0.813. The van der Waals surface area contributed by atoms with Crippen molar-refractivity contribution in [3.63, 3.8) is 0 Å². The van der Waals surface area contributed by atoms with Crippen molar-refractivity contribution < 1.29 is 14.3 Å². The molecule has 0 saturated carbocycles. The smallest absolute Gasteiger partial charge is 0.225 e. The summed E-state index contributed by atoms with van der Waals surface area (Å²) in [6.07, 6.45) is 7.07. The minimum absolute atomic E-state index is 0.212. The third-order valence-electron chi connectivity index (χ3n) is 5.83. The van der Waals surface area contributed by atoms with Gasteiger partial charge in [-0.2, -0.15) is 5.10 Å². The zero-order chi connectivity index (χ0) is 18.6. The Balaban J connectivity index is 1.54. The highest BCUT2D eigenvalue weighted by Crippen LogP contribution is 2.34. The lowest BCUT2D eigenvalue weighted by atomic mass is 9.82. The fourth-order valence-corrected chi connectivity index (χ4v) is 4.29. The highest BCUT2D eigenvalue weighted by Gasteiger charge is 2.35. The molecule has 144 valence electrons. The Labute approximate surface area is 160 Å². The summed E-state index contributed by atoms with van der Waals surface area (Å²) in [7, 11) is 1.70. The summed E-state index contributed by atoms with van der Waals surface area (Å²) in [4.78, 5) is 15.2. The highest BCUT2D eigenvalue weighted by atomic mass is 16.5. The monoisotopic (exact) mass is 369 g/mol. The maximum absolute atomic E-state index is 13.1. The SMILES string of the molecule is COc1ccc2c(c1)CC(C1CCOCC1)N(C(=O)CCn1cccn1)C2. The van der Waals surface area contributed by atoms with Gasteiger partial charge >= 0.3 is 0 Å². The molecule has 0 N–H and O–H groups in total. The second-order valence-electron chi connectivity index (χ2n) is 7.40. The van der Waals surface area contributed by atoms with Crippen LogP contribution in [0.25, 0.3) is 0 Å². The molecular weight excluding hydrogens is 342 g/mol. The van der Waals surface area contributed by atoms with E-state index >= 15 is 0 Å². The summed E-state index contributed by atoms with van der Waals surface area (Å²) in [6.45, 7) is 2.89. The average molecular weight is 369 g/mol. The van der Waals surface area contributed by atoms with Crippen LogP contribution in [0.15, 0.2) is 36.7 Å². The number of hydrogen-bond donors (Lipinski definition) is 0. The van der Waals surface area contributed by atoms with Gasteiger partial charge in [-0.05, 0) is 54.5 Å².